The highest BCUT2D eigenvalue weighted by Crippen LogP contribution is 2.07. The van der Waals surface area contributed by atoms with E-state index >= 15 is 0 Å². The highest BCUT2D eigenvalue weighted by Gasteiger charge is 1.96. The lowest BCUT2D eigenvalue weighted by molar-refractivity contribution is -0.137. The van der Waals surface area contributed by atoms with Crippen molar-refractivity contribution in [1.82, 2.24) is 16.0 Å². The van der Waals surface area contributed by atoms with Gasteiger partial charge in [-0.15, -0.1) is 0 Å². The minimum Gasteiger partial charge on any atom is -0.481 e. The number of hydrogen-bond donors (Lipinski definition) is 4. The largest absolute Gasteiger partial charge is 0.481 e. The van der Waals surface area contributed by atoms with Crippen LogP contribution in [0.15, 0.2) is 0 Å². The summed E-state index contributed by atoms with van der Waals surface area (Å²) in [5.41, 5.74) is 0. The number of carboxylic acids is 1. The van der Waals surface area contributed by atoms with Gasteiger partial charge >= 0.3 is 5.97 Å². The molecule has 0 amide bonds. The standard InChI is InChI=1S/C23H49N3O3/c1-2-15-24-16-8-6-4-3-5-7-11-21-29-22-13-20-26-18-10-9-17-25-19-12-14-23(27)28/h24-26H,2-22H2,1H3,(H,27,28). The third kappa shape index (κ3) is 27.3. The second kappa shape index (κ2) is 25.3. The Hall–Kier alpha value is -0.690. The van der Waals surface area contributed by atoms with Crippen molar-refractivity contribution in [3.8, 4) is 0 Å². The zero-order valence-electron chi connectivity index (χ0n) is 19.1. The summed E-state index contributed by atoms with van der Waals surface area (Å²) in [5, 5.41) is 18.7. The summed E-state index contributed by atoms with van der Waals surface area (Å²) in [7, 11) is 0. The molecule has 6 nitrogen and oxygen atoms in total. The van der Waals surface area contributed by atoms with Gasteiger partial charge in [0.25, 0.3) is 0 Å². The fourth-order valence-electron chi connectivity index (χ4n) is 3.16. The molecule has 0 aromatic rings. The van der Waals surface area contributed by atoms with Crippen molar-refractivity contribution in [1.29, 1.82) is 0 Å². The van der Waals surface area contributed by atoms with E-state index in [1.165, 1.54) is 57.9 Å². The normalized spacial score (nSPS) is 11.2. The Morgan fingerprint density at radius 2 is 1.07 bits per heavy atom. The van der Waals surface area contributed by atoms with Gasteiger partial charge in [-0.3, -0.25) is 4.79 Å². The first-order chi connectivity index (χ1) is 14.3. The van der Waals surface area contributed by atoms with E-state index in [1.54, 1.807) is 0 Å². The molecule has 6 heteroatoms. The van der Waals surface area contributed by atoms with Crippen LogP contribution in [-0.4, -0.2) is 63.6 Å². The Bertz CT molecular complexity index is 330. The quantitative estimate of drug-likeness (QED) is 0.169. The van der Waals surface area contributed by atoms with E-state index in [9.17, 15) is 4.79 Å². The second-order valence-electron chi connectivity index (χ2n) is 7.90. The predicted octanol–water partition coefficient (Wildman–Crippen LogP) is 3.95. The van der Waals surface area contributed by atoms with Crippen molar-refractivity contribution in [2.75, 3.05) is 52.5 Å². The molecule has 0 radical (unpaired) electrons. The molecule has 0 aliphatic carbocycles. The zero-order chi connectivity index (χ0) is 21.3. The minimum atomic E-state index is -0.711. The van der Waals surface area contributed by atoms with E-state index in [0.717, 1.165) is 65.2 Å². The maximum absolute atomic E-state index is 10.4. The predicted molar refractivity (Wildman–Crippen MR) is 123 cm³/mol. The van der Waals surface area contributed by atoms with Crippen LogP contribution in [0.5, 0.6) is 0 Å². The number of ether oxygens (including phenoxy) is 1. The molecule has 0 bridgehead atoms. The van der Waals surface area contributed by atoms with Gasteiger partial charge in [-0.05, 0) is 84.2 Å². The fourth-order valence-corrected chi connectivity index (χ4v) is 3.16. The Morgan fingerprint density at radius 1 is 0.621 bits per heavy atom. The number of nitrogens with one attached hydrogen (secondary N) is 3. The average Bonchev–Trinajstić information content (AvgIpc) is 2.71. The van der Waals surface area contributed by atoms with Gasteiger partial charge in [-0.25, -0.2) is 0 Å². The summed E-state index contributed by atoms with van der Waals surface area (Å²) >= 11 is 0. The maximum Gasteiger partial charge on any atom is 0.303 e. The first-order valence-corrected chi connectivity index (χ1v) is 12.2. The smallest absolute Gasteiger partial charge is 0.303 e. The topological polar surface area (TPSA) is 82.6 Å². The second-order valence-corrected chi connectivity index (χ2v) is 7.90. The molecule has 0 saturated carbocycles. The summed E-state index contributed by atoms with van der Waals surface area (Å²) in [6.45, 7) is 10.2. The maximum atomic E-state index is 10.4. The first kappa shape index (κ1) is 28.3. The number of rotatable bonds is 25. The van der Waals surface area contributed by atoms with Crippen LogP contribution in [0.2, 0.25) is 0 Å². The molecule has 0 unspecified atom stereocenters. The van der Waals surface area contributed by atoms with Crippen LogP contribution in [0.1, 0.15) is 90.4 Å². The summed E-state index contributed by atoms with van der Waals surface area (Å²) in [6, 6.07) is 0. The lowest BCUT2D eigenvalue weighted by Crippen LogP contribution is -2.21. The van der Waals surface area contributed by atoms with Gasteiger partial charge in [0.15, 0.2) is 0 Å². The van der Waals surface area contributed by atoms with Crippen LogP contribution in [0.25, 0.3) is 0 Å². The molecule has 0 atom stereocenters. The molecule has 0 saturated heterocycles. The number of hydrogen-bond acceptors (Lipinski definition) is 5. The van der Waals surface area contributed by atoms with E-state index < -0.39 is 5.97 Å². The van der Waals surface area contributed by atoms with Crippen LogP contribution >= 0.6 is 0 Å². The van der Waals surface area contributed by atoms with E-state index in [4.69, 9.17) is 9.84 Å². The van der Waals surface area contributed by atoms with Gasteiger partial charge < -0.3 is 25.8 Å². The number of aliphatic carboxylic acids is 1. The van der Waals surface area contributed by atoms with E-state index in [-0.39, 0.29) is 6.42 Å². The van der Waals surface area contributed by atoms with Crippen molar-refractivity contribution < 1.29 is 14.6 Å². The Kier molecular flexibility index (Phi) is 24.7. The zero-order valence-corrected chi connectivity index (χ0v) is 19.1. The van der Waals surface area contributed by atoms with Crippen LogP contribution in [0, 0.1) is 0 Å². The summed E-state index contributed by atoms with van der Waals surface area (Å²) in [6.07, 6.45) is 14.9. The monoisotopic (exact) mass is 415 g/mol. The first-order valence-electron chi connectivity index (χ1n) is 12.2. The number of carboxylic acid groups (broad SMARTS) is 1. The molecule has 0 fully saturated rings. The summed E-state index contributed by atoms with van der Waals surface area (Å²) in [4.78, 5) is 10.4. The fraction of sp³-hybridized carbons (Fsp3) is 0.957. The van der Waals surface area contributed by atoms with Crippen molar-refractivity contribution in [3.05, 3.63) is 0 Å². The van der Waals surface area contributed by atoms with Crippen LogP contribution in [0.4, 0.5) is 0 Å². The molecule has 0 heterocycles. The molecular formula is C23H49N3O3. The van der Waals surface area contributed by atoms with Crippen LogP contribution in [-0.2, 0) is 9.53 Å². The lowest BCUT2D eigenvalue weighted by Gasteiger charge is -2.07. The Labute approximate surface area is 179 Å². The molecule has 174 valence electrons. The third-order valence-corrected chi connectivity index (χ3v) is 4.91. The minimum absolute atomic E-state index is 0.258. The molecule has 0 aromatic carbocycles. The molecule has 0 aliphatic heterocycles. The van der Waals surface area contributed by atoms with E-state index in [2.05, 4.69) is 22.9 Å². The Morgan fingerprint density at radius 3 is 1.69 bits per heavy atom. The van der Waals surface area contributed by atoms with Gasteiger partial charge in [0.2, 0.25) is 0 Å². The van der Waals surface area contributed by atoms with Gasteiger partial charge in [-0.2, -0.15) is 0 Å². The van der Waals surface area contributed by atoms with Crippen molar-refractivity contribution in [3.63, 3.8) is 0 Å². The molecule has 0 aliphatic rings. The lowest BCUT2D eigenvalue weighted by atomic mass is 10.1. The molecule has 4 N–H and O–H groups in total. The highest BCUT2D eigenvalue weighted by molar-refractivity contribution is 5.66. The molecule has 29 heavy (non-hydrogen) atoms. The Balaban J connectivity index is 2.99. The average molecular weight is 416 g/mol. The van der Waals surface area contributed by atoms with Crippen LogP contribution in [0.3, 0.4) is 0 Å². The summed E-state index contributed by atoms with van der Waals surface area (Å²) in [5.74, 6) is -0.711. The SMILES string of the molecule is CCCNCCCCCCCCCOCCCNCCCCNCCCC(=O)O. The van der Waals surface area contributed by atoms with Crippen molar-refractivity contribution in [2.24, 2.45) is 0 Å². The van der Waals surface area contributed by atoms with E-state index in [1.807, 2.05) is 0 Å². The van der Waals surface area contributed by atoms with Crippen molar-refractivity contribution in [2.45, 2.75) is 90.4 Å². The number of carbonyl (C=O) groups is 1. The van der Waals surface area contributed by atoms with Crippen molar-refractivity contribution >= 4 is 5.97 Å². The molecular weight excluding hydrogens is 366 g/mol. The summed E-state index contributed by atoms with van der Waals surface area (Å²) < 4.78 is 5.72. The van der Waals surface area contributed by atoms with Gasteiger partial charge in [-0.1, -0.05) is 39.0 Å². The van der Waals surface area contributed by atoms with Gasteiger partial charge in [0, 0.05) is 19.6 Å². The molecule has 0 rings (SSSR count). The third-order valence-electron chi connectivity index (χ3n) is 4.91. The molecule has 0 spiro atoms. The number of unbranched alkanes of at least 4 members (excludes halogenated alkanes) is 7. The van der Waals surface area contributed by atoms with Crippen LogP contribution < -0.4 is 16.0 Å². The van der Waals surface area contributed by atoms with Gasteiger partial charge in [0.05, 0.1) is 0 Å². The molecule has 0 aromatic heterocycles. The van der Waals surface area contributed by atoms with E-state index in [0.29, 0.717) is 6.42 Å². The highest BCUT2D eigenvalue weighted by atomic mass is 16.5. The van der Waals surface area contributed by atoms with Gasteiger partial charge in [0.1, 0.15) is 0 Å².